The van der Waals surface area contributed by atoms with Crippen LogP contribution in [0.4, 0.5) is 11.4 Å². The Morgan fingerprint density at radius 3 is 2.11 bits per heavy atom. The fraction of sp³-hybridized carbons (Fsp3) is 0.286. The van der Waals surface area contributed by atoms with Gasteiger partial charge in [-0.2, -0.15) is 0 Å². The molecule has 0 saturated heterocycles. The zero-order valence-electron chi connectivity index (χ0n) is 21.7. The summed E-state index contributed by atoms with van der Waals surface area (Å²) in [5.74, 6) is 0.997. The SMILES string of the molecule is CCCCC(C)Oc1ccc(C(=O)NC(=S)Nc2ccc(S(=O)(=O)Nc3ccc(OCC)cc3)cc2)cc1. The highest BCUT2D eigenvalue weighted by atomic mass is 32.2. The van der Waals surface area contributed by atoms with Crippen LogP contribution in [0.2, 0.25) is 0 Å². The number of nitrogens with one attached hydrogen (secondary N) is 3. The van der Waals surface area contributed by atoms with Gasteiger partial charge in [-0.3, -0.25) is 14.8 Å². The van der Waals surface area contributed by atoms with Crippen molar-refractivity contribution in [1.29, 1.82) is 0 Å². The van der Waals surface area contributed by atoms with Crippen LogP contribution in [0, 0.1) is 0 Å². The van der Waals surface area contributed by atoms with Crippen molar-refractivity contribution >= 4 is 44.6 Å². The molecule has 3 aromatic rings. The minimum Gasteiger partial charge on any atom is -0.494 e. The van der Waals surface area contributed by atoms with Gasteiger partial charge in [-0.1, -0.05) is 19.8 Å². The molecule has 10 heteroatoms. The summed E-state index contributed by atoms with van der Waals surface area (Å²) in [6, 6.07) is 19.6. The predicted octanol–water partition coefficient (Wildman–Crippen LogP) is 5.97. The molecule has 1 amide bonds. The number of anilines is 2. The molecule has 38 heavy (non-hydrogen) atoms. The molecule has 0 radical (unpaired) electrons. The molecular weight excluding hydrogens is 522 g/mol. The maximum Gasteiger partial charge on any atom is 0.261 e. The molecule has 0 heterocycles. The minimum absolute atomic E-state index is 0.0817. The lowest BCUT2D eigenvalue weighted by Crippen LogP contribution is -2.34. The van der Waals surface area contributed by atoms with Crippen LogP contribution in [-0.2, 0) is 10.0 Å². The lowest BCUT2D eigenvalue weighted by Gasteiger charge is -2.14. The van der Waals surface area contributed by atoms with Crippen LogP contribution in [0.5, 0.6) is 11.5 Å². The summed E-state index contributed by atoms with van der Waals surface area (Å²) < 4.78 is 39.2. The van der Waals surface area contributed by atoms with E-state index in [1.807, 2.05) is 13.8 Å². The number of amides is 1. The molecule has 202 valence electrons. The molecule has 0 saturated carbocycles. The van der Waals surface area contributed by atoms with Crippen LogP contribution >= 0.6 is 12.2 Å². The summed E-state index contributed by atoms with van der Waals surface area (Å²) in [6.45, 7) is 6.57. The van der Waals surface area contributed by atoms with E-state index in [-0.39, 0.29) is 22.0 Å². The van der Waals surface area contributed by atoms with Crippen molar-refractivity contribution in [3.05, 3.63) is 78.4 Å². The summed E-state index contributed by atoms with van der Waals surface area (Å²) in [6.07, 6.45) is 3.30. The summed E-state index contributed by atoms with van der Waals surface area (Å²) in [4.78, 5) is 12.6. The van der Waals surface area contributed by atoms with Crippen molar-refractivity contribution in [2.45, 2.75) is 51.0 Å². The Morgan fingerprint density at radius 2 is 1.50 bits per heavy atom. The van der Waals surface area contributed by atoms with Crippen LogP contribution < -0.4 is 24.8 Å². The highest BCUT2D eigenvalue weighted by molar-refractivity contribution is 7.92. The van der Waals surface area contributed by atoms with Gasteiger partial charge in [0.15, 0.2) is 5.11 Å². The topological polar surface area (TPSA) is 106 Å². The molecular formula is C28H33N3O5S2. The molecule has 3 aromatic carbocycles. The van der Waals surface area contributed by atoms with Gasteiger partial charge in [0.1, 0.15) is 11.5 Å². The largest absolute Gasteiger partial charge is 0.494 e. The van der Waals surface area contributed by atoms with Crippen LogP contribution in [0.3, 0.4) is 0 Å². The Kier molecular flexibility index (Phi) is 10.5. The van der Waals surface area contributed by atoms with Gasteiger partial charge < -0.3 is 14.8 Å². The normalized spacial score (nSPS) is 11.8. The third kappa shape index (κ3) is 8.74. The zero-order valence-corrected chi connectivity index (χ0v) is 23.3. The Morgan fingerprint density at radius 1 is 0.895 bits per heavy atom. The minimum atomic E-state index is -3.79. The zero-order chi connectivity index (χ0) is 27.5. The molecule has 0 fully saturated rings. The van der Waals surface area contributed by atoms with Crippen LogP contribution in [-0.4, -0.2) is 32.1 Å². The highest BCUT2D eigenvalue weighted by Crippen LogP contribution is 2.21. The molecule has 0 aliphatic carbocycles. The van der Waals surface area contributed by atoms with Gasteiger partial charge in [0.05, 0.1) is 17.6 Å². The van der Waals surface area contributed by atoms with Crippen molar-refractivity contribution < 1.29 is 22.7 Å². The number of thiocarbonyl (C=S) groups is 1. The number of unbranched alkanes of at least 4 members (excludes halogenated alkanes) is 1. The number of benzene rings is 3. The third-order valence-corrected chi connectivity index (χ3v) is 7.09. The molecule has 0 spiro atoms. The first-order valence-electron chi connectivity index (χ1n) is 12.4. The number of hydrogen-bond donors (Lipinski definition) is 3. The molecule has 1 atom stereocenters. The Labute approximate surface area is 229 Å². The van der Waals surface area contributed by atoms with Gasteiger partial charge in [-0.05, 0) is 105 Å². The third-order valence-electron chi connectivity index (χ3n) is 5.49. The lowest BCUT2D eigenvalue weighted by molar-refractivity contribution is 0.0977. The van der Waals surface area contributed by atoms with Crippen molar-refractivity contribution in [2.24, 2.45) is 0 Å². The van der Waals surface area contributed by atoms with E-state index in [9.17, 15) is 13.2 Å². The van der Waals surface area contributed by atoms with E-state index in [4.69, 9.17) is 21.7 Å². The summed E-state index contributed by atoms with van der Waals surface area (Å²) in [5, 5.41) is 5.60. The number of rotatable bonds is 12. The first-order chi connectivity index (χ1) is 18.2. The molecule has 8 nitrogen and oxygen atoms in total. The maximum absolute atomic E-state index is 12.7. The van der Waals surface area contributed by atoms with Crippen LogP contribution in [0.15, 0.2) is 77.7 Å². The Hall–Kier alpha value is -3.63. The van der Waals surface area contributed by atoms with Gasteiger partial charge in [0, 0.05) is 16.9 Å². The average Bonchev–Trinajstić information content (AvgIpc) is 2.89. The fourth-order valence-corrected chi connectivity index (χ4v) is 4.79. The number of ether oxygens (including phenoxy) is 2. The number of sulfonamides is 1. The van der Waals surface area contributed by atoms with E-state index < -0.39 is 10.0 Å². The summed E-state index contributed by atoms with van der Waals surface area (Å²) in [5.41, 5.74) is 1.38. The van der Waals surface area contributed by atoms with Gasteiger partial charge in [0.25, 0.3) is 15.9 Å². The van der Waals surface area contributed by atoms with Crippen molar-refractivity contribution in [1.82, 2.24) is 5.32 Å². The molecule has 1 unspecified atom stereocenters. The number of hydrogen-bond acceptors (Lipinski definition) is 6. The first kappa shape index (κ1) is 28.9. The molecule has 0 aromatic heterocycles. The van der Waals surface area contributed by atoms with Gasteiger partial charge >= 0.3 is 0 Å². The Bertz CT molecular complexity index is 1310. The second-order valence-electron chi connectivity index (χ2n) is 8.59. The smallest absolute Gasteiger partial charge is 0.261 e. The second kappa shape index (κ2) is 13.8. The van der Waals surface area contributed by atoms with Gasteiger partial charge in [0.2, 0.25) is 0 Å². The van der Waals surface area contributed by atoms with Crippen molar-refractivity contribution in [3.8, 4) is 11.5 Å². The van der Waals surface area contributed by atoms with Crippen LogP contribution in [0.25, 0.3) is 0 Å². The van der Waals surface area contributed by atoms with E-state index in [0.29, 0.717) is 35.0 Å². The summed E-state index contributed by atoms with van der Waals surface area (Å²) in [7, 11) is -3.79. The van der Waals surface area contributed by atoms with E-state index in [2.05, 4.69) is 22.3 Å². The monoisotopic (exact) mass is 555 g/mol. The number of carbonyl (C=O) groups excluding carboxylic acids is 1. The average molecular weight is 556 g/mol. The molecule has 0 aliphatic rings. The van der Waals surface area contributed by atoms with E-state index >= 15 is 0 Å². The first-order valence-corrected chi connectivity index (χ1v) is 14.3. The van der Waals surface area contributed by atoms with Gasteiger partial charge in [-0.25, -0.2) is 8.42 Å². The molecule has 3 N–H and O–H groups in total. The lowest BCUT2D eigenvalue weighted by atomic mass is 10.2. The molecule has 0 bridgehead atoms. The quantitative estimate of drug-likeness (QED) is 0.236. The molecule has 3 rings (SSSR count). The molecule has 0 aliphatic heterocycles. The standard InChI is InChI=1S/C28H33N3O5S2/c1-4-6-7-20(3)36-25-14-8-21(9-15-25)27(32)30-28(37)29-22-12-18-26(19-13-22)38(33,34)31-23-10-16-24(17-11-23)35-5-2/h8-20,31H,4-7H2,1-3H3,(H2,29,30,32,37). The second-order valence-corrected chi connectivity index (χ2v) is 10.7. The van der Waals surface area contributed by atoms with Crippen LogP contribution in [0.1, 0.15) is 50.4 Å². The highest BCUT2D eigenvalue weighted by Gasteiger charge is 2.15. The fourth-order valence-electron chi connectivity index (χ4n) is 3.52. The summed E-state index contributed by atoms with van der Waals surface area (Å²) >= 11 is 5.25. The van der Waals surface area contributed by atoms with E-state index in [1.54, 1.807) is 60.7 Å². The maximum atomic E-state index is 12.7. The van der Waals surface area contributed by atoms with E-state index in [1.165, 1.54) is 12.1 Å². The number of carbonyl (C=O) groups is 1. The van der Waals surface area contributed by atoms with Crippen molar-refractivity contribution in [2.75, 3.05) is 16.6 Å². The predicted molar refractivity (Wildman–Crippen MR) is 155 cm³/mol. The van der Waals surface area contributed by atoms with Crippen molar-refractivity contribution in [3.63, 3.8) is 0 Å². The Balaban J connectivity index is 1.53. The van der Waals surface area contributed by atoms with E-state index in [0.717, 1.165) is 19.3 Å². The van der Waals surface area contributed by atoms with Gasteiger partial charge in [-0.15, -0.1) is 0 Å².